The smallest absolute Gasteiger partial charge is 0.288 e. The Morgan fingerprint density at radius 1 is 1.21 bits per heavy atom. The summed E-state index contributed by atoms with van der Waals surface area (Å²) >= 11 is 5.88. The van der Waals surface area contributed by atoms with E-state index in [0.29, 0.717) is 28.0 Å². The van der Waals surface area contributed by atoms with Crippen LogP contribution in [0.2, 0.25) is 5.02 Å². The fourth-order valence-electron chi connectivity index (χ4n) is 2.72. The van der Waals surface area contributed by atoms with E-state index in [0.717, 1.165) is 5.56 Å². The van der Waals surface area contributed by atoms with Crippen molar-refractivity contribution in [2.45, 2.75) is 13.8 Å². The third kappa shape index (κ3) is 2.61. The second kappa shape index (κ2) is 5.65. The van der Waals surface area contributed by atoms with E-state index in [9.17, 15) is 20.0 Å². The third-order valence-electron chi connectivity index (χ3n) is 3.89. The van der Waals surface area contributed by atoms with Crippen LogP contribution in [0.3, 0.4) is 0 Å². The summed E-state index contributed by atoms with van der Waals surface area (Å²) < 4.78 is 0. The van der Waals surface area contributed by atoms with E-state index in [-0.39, 0.29) is 22.4 Å². The molecule has 1 aliphatic heterocycles. The fourth-order valence-corrected chi connectivity index (χ4v) is 2.96. The van der Waals surface area contributed by atoms with Gasteiger partial charge in [0, 0.05) is 17.2 Å². The SMILES string of the molecule is Cc1cc(/C=C2/C(=O)Nc3cc(Cl)c([N+](=O)[O-])cc32)cc(C)c1O. The number of hydrogen-bond acceptors (Lipinski definition) is 4. The number of rotatable bonds is 2. The van der Waals surface area contributed by atoms with Crippen molar-refractivity contribution in [2.24, 2.45) is 0 Å². The maximum atomic E-state index is 12.2. The second-order valence-corrected chi connectivity index (χ2v) is 6.03. The van der Waals surface area contributed by atoms with E-state index in [2.05, 4.69) is 5.32 Å². The van der Waals surface area contributed by atoms with Gasteiger partial charge in [-0.2, -0.15) is 0 Å². The Hall–Kier alpha value is -2.86. The van der Waals surface area contributed by atoms with E-state index >= 15 is 0 Å². The molecular weight excluding hydrogens is 332 g/mol. The number of phenols is 1. The van der Waals surface area contributed by atoms with Crippen LogP contribution >= 0.6 is 11.6 Å². The number of halogens is 1. The Labute approximate surface area is 142 Å². The highest BCUT2D eigenvalue weighted by atomic mass is 35.5. The second-order valence-electron chi connectivity index (χ2n) is 5.62. The molecule has 3 rings (SSSR count). The van der Waals surface area contributed by atoms with Crippen LogP contribution in [-0.4, -0.2) is 15.9 Å². The van der Waals surface area contributed by atoms with Crippen LogP contribution in [0.1, 0.15) is 22.3 Å². The van der Waals surface area contributed by atoms with Gasteiger partial charge in [0.25, 0.3) is 11.6 Å². The van der Waals surface area contributed by atoms with Gasteiger partial charge >= 0.3 is 0 Å². The summed E-state index contributed by atoms with van der Waals surface area (Å²) in [6.07, 6.45) is 1.64. The van der Waals surface area contributed by atoms with Crippen molar-refractivity contribution in [1.29, 1.82) is 0 Å². The van der Waals surface area contributed by atoms with Crippen LogP contribution in [0.15, 0.2) is 24.3 Å². The number of nitrogens with one attached hydrogen (secondary N) is 1. The molecule has 1 heterocycles. The maximum Gasteiger partial charge on any atom is 0.288 e. The first kappa shape index (κ1) is 16.0. The number of fused-ring (bicyclic) bond motifs is 1. The molecule has 6 nitrogen and oxygen atoms in total. The summed E-state index contributed by atoms with van der Waals surface area (Å²) in [5, 5.41) is 23.5. The van der Waals surface area contributed by atoms with Crippen molar-refractivity contribution in [3.63, 3.8) is 0 Å². The van der Waals surface area contributed by atoms with Crippen LogP contribution in [-0.2, 0) is 4.79 Å². The summed E-state index contributed by atoms with van der Waals surface area (Å²) in [6, 6.07) is 6.15. The average Bonchev–Trinajstić information content (AvgIpc) is 2.78. The number of benzene rings is 2. The lowest BCUT2D eigenvalue weighted by Gasteiger charge is -2.06. The first-order valence-corrected chi connectivity index (χ1v) is 7.47. The Morgan fingerprint density at radius 2 is 1.83 bits per heavy atom. The minimum Gasteiger partial charge on any atom is -0.507 e. The van der Waals surface area contributed by atoms with Gasteiger partial charge in [-0.15, -0.1) is 0 Å². The van der Waals surface area contributed by atoms with Gasteiger partial charge in [0.05, 0.1) is 10.6 Å². The molecule has 0 saturated heterocycles. The number of nitro benzene ring substituents is 1. The number of anilines is 1. The highest BCUT2D eigenvalue weighted by Crippen LogP contribution is 2.39. The molecule has 0 fully saturated rings. The van der Waals surface area contributed by atoms with E-state index in [4.69, 9.17) is 11.6 Å². The Balaban J connectivity index is 2.16. The molecule has 1 aliphatic rings. The number of nitrogens with zero attached hydrogens (tertiary/aromatic N) is 1. The van der Waals surface area contributed by atoms with Gasteiger partial charge < -0.3 is 10.4 Å². The zero-order chi connectivity index (χ0) is 17.6. The van der Waals surface area contributed by atoms with Gasteiger partial charge in [0.15, 0.2) is 0 Å². The van der Waals surface area contributed by atoms with Gasteiger partial charge in [0.1, 0.15) is 10.8 Å². The minimum absolute atomic E-state index is 0.0309. The molecule has 0 bridgehead atoms. The zero-order valence-corrected chi connectivity index (χ0v) is 13.6. The van der Waals surface area contributed by atoms with Crippen LogP contribution in [0, 0.1) is 24.0 Å². The summed E-state index contributed by atoms with van der Waals surface area (Å²) in [5.41, 5.74) is 3.02. The molecule has 2 aromatic carbocycles. The first-order valence-electron chi connectivity index (χ1n) is 7.09. The topological polar surface area (TPSA) is 92.5 Å². The molecule has 1 amide bonds. The number of amides is 1. The highest BCUT2D eigenvalue weighted by molar-refractivity contribution is 6.37. The normalized spacial score (nSPS) is 14.6. The van der Waals surface area contributed by atoms with E-state index < -0.39 is 4.92 Å². The monoisotopic (exact) mass is 344 g/mol. The van der Waals surface area contributed by atoms with Crippen molar-refractivity contribution in [2.75, 3.05) is 5.32 Å². The minimum atomic E-state index is -0.585. The zero-order valence-electron chi connectivity index (χ0n) is 12.9. The molecule has 0 aliphatic carbocycles. The molecule has 2 N–H and O–H groups in total. The number of carbonyl (C=O) groups is 1. The molecule has 122 valence electrons. The van der Waals surface area contributed by atoms with Crippen molar-refractivity contribution in [3.8, 4) is 5.75 Å². The number of nitro groups is 1. The molecule has 2 aromatic rings. The van der Waals surface area contributed by atoms with E-state index in [1.807, 2.05) is 0 Å². The predicted molar refractivity (Wildman–Crippen MR) is 92.2 cm³/mol. The van der Waals surface area contributed by atoms with Crippen LogP contribution in [0.25, 0.3) is 11.6 Å². The van der Waals surface area contributed by atoms with Crippen molar-refractivity contribution < 1.29 is 14.8 Å². The molecule has 0 atom stereocenters. The molecular formula is C17H13ClN2O4. The summed E-state index contributed by atoms with van der Waals surface area (Å²) in [4.78, 5) is 22.7. The van der Waals surface area contributed by atoms with Gasteiger partial charge in [-0.1, -0.05) is 11.6 Å². The van der Waals surface area contributed by atoms with Crippen LogP contribution < -0.4 is 5.32 Å². The number of aromatic hydroxyl groups is 1. The summed E-state index contributed by atoms with van der Waals surface area (Å²) in [5.74, 6) is -0.152. The molecule has 0 saturated carbocycles. The lowest BCUT2D eigenvalue weighted by atomic mass is 10.0. The van der Waals surface area contributed by atoms with Gasteiger partial charge in [-0.05, 0) is 54.8 Å². The van der Waals surface area contributed by atoms with Gasteiger partial charge in [0.2, 0.25) is 0 Å². The Morgan fingerprint density at radius 3 is 2.42 bits per heavy atom. The first-order chi connectivity index (χ1) is 11.3. The highest BCUT2D eigenvalue weighted by Gasteiger charge is 2.28. The quantitative estimate of drug-likeness (QED) is 0.488. The maximum absolute atomic E-state index is 12.2. The Bertz CT molecular complexity index is 911. The van der Waals surface area contributed by atoms with Crippen molar-refractivity contribution >= 4 is 40.5 Å². The van der Waals surface area contributed by atoms with Crippen molar-refractivity contribution in [3.05, 3.63) is 61.7 Å². The fraction of sp³-hybridized carbons (Fsp3) is 0.118. The largest absolute Gasteiger partial charge is 0.507 e. The summed E-state index contributed by atoms with van der Waals surface area (Å²) in [6.45, 7) is 3.52. The number of hydrogen-bond donors (Lipinski definition) is 2. The lowest BCUT2D eigenvalue weighted by molar-refractivity contribution is -0.384. The average molecular weight is 345 g/mol. The van der Waals surface area contributed by atoms with E-state index in [1.165, 1.54) is 12.1 Å². The summed E-state index contributed by atoms with van der Waals surface area (Å²) in [7, 11) is 0. The van der Waals surface area contributed by atoms with Crippen molar-refractivity contribution in [1.82, 2.24) is 0 Å². The molecule has 0 aromatic heterocycles. The number of phenolic OH excluding ortho intramolecular Hbond substituents is 1. The molecule has 24 heavy (non-hydrogen) atoms. The van der Waals surface area contributed by atoms with E-state index in [1.54, 1.807) is 32.1 Å². The standard InChI is InChI=1S/C17H13ClN2O4/c1-8-3-10(4-9(2)16(8)21)5-12-11-6-15(20(23)24)13(18)7-14(11)19-17(12)22/h3-7,21H,1-2H3,(H,19,22)/b12-5+. The molecule has 0 spiro atoms. The van der Waals surface area contributed by atoms with Crippen LogP contribution in [0.5, 0.6) is 5.75 Å². The third-order valence-corrected chi connectivity index (χ3v) is 4.19. The van der Waals surface area contributed by atoms with Gasteiger partial charge in [-0.25, -0.2) is 0 Å². The number of aryl methyl sites for hydroxylation is 2. The van der Waals surface area contributed by atoms with Gasteiger partial charge in [-0.3, -0.25) is 14.9 Å². The predicted octanol–water partition coefficient (Wildman–Crippen LogP) is 4.06. The Kier molecular flexibility index (Phi) is 3.77. The molecule has 0 unspecified atom stereocenters. The van der Waals surface area contributed by atoms with Crippen LogP contribution in [0.4, 0.5) is 11.4 Å². The molecule has 7 heteroatoms. The molecule has 0 radical (unpaired) electrons. The lowest BCUT2D eigenvalue weighted by Crippen LogP contribution is -2.03. The number of carbonyl (C=O) groups excluding carboxylic acids is 1.